The Balaban J connectivity index is 1.61. The van der Waals surface area contributed by atoms with Crippen LogP contribution in [-0.4, -0.2) is 58.6 Å². The molecule has 1 amide bonds. The second-order valence-electron chi connectivity index (χ2n) is 6.16. The Hall–Kier alpha value is -2.41. The standard InChI is InChI=1S/C18H24N4O3/c1-4-24-17-15(6-5-7-19-17)18(23)22-10-8-21(9-11-22)12-16-13(2)20-25-14(16)3/h5-7H,4,8-12H2,1-3H3. The minimum Gasteiger partial charge on any atom is -0.477 e. The van der Waals surface area contributed by atoms with Crippen molar-refractivity contribution >= 4 is 5.91 Å². The lowest BCUT2D eigenvalue weighted by Gasteiger charge is -2.34. The van der Waals surface area contributed by atoms with Crippen LogP contribution in [0, 0.1) is 13.8 Å². The van der Waals surface area contributed by atoms with Gasteiger partial charge in [0.05, 0.1) is 12.3 Å². The maximum atomic E-state index is 12.8. The van der Waals surface area contributed by atoms with Crippen molar-refractivity contribution in [2.45, 2.75) is 27.3 Å². The second kappa shape index (κ2) is 7.65. The fourth-order valence-electron chi connectivity index (χ4n) is 3.04. The molecule has 1 fully saturated rings. The summed E-state index contributed by atoms with van der Waals surface area (Å²) in [6, 6.07) is 3.54. The number of aryl methyl sites for hydroxylation is 2. The van der Waals surface area contributed by atoms with Gasteiger partial charge in [-0.1, -0.05) is 5.16 Å². The molecule has 0 saturated carbocycles. The Morgan fingerprint density at radius 1 is 1.28 bits per heavy atom. The zero-order chi connectivity index (χ0) is 17.8. The molecule has 134 valence electrons. The highest BCUT2D eigenvalue weighted by Gasteiger charge is 2.25. The number of carbonyl (C=O) groups excluding carboxylic acids is 1. The average Bonchev–Trinajstić information content (AvgIpc) is 2.94. The predicted octanol–water partition coefficient (Wildman–Crippen LogP) is 2.04. The van der Waals surface area contributed by atoms with Crippen molar-refractivity contribution in [1.29, 1.82) is 0 Å². The number of pyridine rings is 1. The van der Waals surface area contributed by atoms with Crippen molar-refractivity contribution in [3.63, 3.8) is 0 Å². The van der Waals surface area contributed by atoms with Gasteiger partial charge in [0.15, 0.2) is 0 Å². The van der Waals surface area contributed by atoms with Gasteiger partial charge in [-0.25, -0.2) is 4.98 Å². The molecule has 2 aromatic rings. The van der Waals surface area contributed by atoms with E-state index in [1.165, 1.54) is 0 Å². The summed E-state index contributed by atoms with van der Waals surface area (Å²) in [6.45, 7) is 10.1. The van der Waals surface area contributed by atoms with Crippen LogP contribution in [-0.2, 0) is 6.54 Å². The zero-order valence-electron chi connectivity index (χ0n) is 15.0. The number of ether oxygens (including phenoxy) is 1. The Morgan fingerprint density at radius 2 is 2.04 bits per heavy atom. The van der Waals surface area contributed by atoms with Gasteiger partial charge in [0.1, 0.15) is 11.3 Å². The van der Waals surface area contributed by atoms with Gasteiger partial charge in [-0.05, 0) is 32.9 Å². The minimum atomic E-state index is -0.0199. The van der Waals surface area contributed by atoms with E-state index in [1.54, 1.807) is 18.3 Å². The first kappa shape index (κ1) is 17.4. The van der Waals surface area contributed by atoms with Crippen LogP contribution in [0.5, 0.6) is 5.88 Å². The van der Waals surface area contributed by atoms with Crippen molar-refractivity contribution in [1.82, 2.24) is 19.9 Å². The molecule has 1 aliphatic heterocycles. The molecule has 25 heavy (non-hydrogen) atoms. The Bertz CT molecular complexity index is 716. The second-order valence-corrected chi connectivity index (χ2v) is 6.16. The SMILES string of the molecule is CCOc1ncccc1C(=O)N1CCN(Cc2c(C)noc2C)CC1. The van der Waals surface area contributed by atoms with E-state index in [0.29, 0.717) is 31.1 Å². The molecular weight excluding hydrogens is 320 g/mol. The minimum absolute atomic E-state index is 0.0199. The molecule has 3 heterocycles. The first-order valence-corrected chi connectivity index (χ1v) is 8.61. The summed E-state index contributed by atoms with van der Waals surface area (Å²) in [5.41, 5.74) is 2.61. The number of nitrogens with zero attached hydrogens (tertiary/aromatic N) is 4. The van der Waals surface area contributed by atoms with Gasteiger partial charge in [-0.2, -0.15) is 0 Å². The van der Waals surface area contributed by atoms with Crippen molar-refractivity contribution in [2.24, 2.45) is 0 Å². The monoisotopic (exact) mass is 344 g/mol. The molecule has 0 N–H and O–H groups in total. The molecule has 0 radical (unpaired) electrons. The maximum absolute atomic E-state index is 12.8. The third kappa shape index (κ3) is 3.82. The smallest absolute Gasteiger partial charge is 0.259 e. The molecule has 3 rings (SSSR count). The molecule has 7 nitrogen and oxygen atoms in total. The van der Waals surface area contributed by atoms with E-state index in [2.05, 4.69) is 15.0 Å². The third-order valence-corrected chi connectivity index (χ3v) is 4.51. The lowest BCUT2D eigenvalue weighted by atomic mass is 10.1. The zero-order valence-corrected chi connectivity index (χ0v) is 15.0. The molecule has 0 atom stereocenters. The molecule has 0 aromatic carbocycles. The van der Waals surface area contributed by atoms with E-state index in [9.17, 15) is 4.79 Å². The van der Waals surface area contributed by atoms with Gasteiger partial charge in [0.2, 0.25) is 5.88 Å². The number of hydrogen-bond acceptors (Lipinski definition) is 6. The lowest BCUT2D eigenvalue weighted by Crippen LogP contribution is -2.48. The van der Waals surface area contributed by atoms with Crippen LogP contribution in [0.1, 0.15) is 34.3 Å². The number of rotatable bonds is 5. The van der Waals surface area contributed by atoms with Crippen LogP contribution in [0.4, 0.5) is 0 Å². The highest BCUT2D eigenvalue weighted by atomic mass is 16.5. The van der Waals surface area contributed by atoms with Crippen molar-refractivity contribution < 1.29 is 14.1 Å². The first-order valence-electron chi connectivity index (χ1n) is 8.61. The number of carbonyl (C=O) groups is 1. The molecule has 1 aliphatic rings. The molecule has 7 heteroatoms. The van der Waals surface area contributed by atoms with Gasteiger partial charge in [-0.3, -0.25) is 9.69 Å². The van der Waals surface area contributed by atoms with E-state index >= 15 is 0 Å². The van der Waals surface area contributed by atoms with Gasteiger partial charge in [0, 0.05) is 44.5 Å². The number of aromatic nitrogens is 2. The summed E-state index contributed by atoms with van der Waals surface area (Å²) < 4.78 is 10.7. The highest BCUT2D eigenvalue weighted by Crippen LogP contribution is 2.20. The van der Waals surface area contributed by atoms with Crippen LogP contribution in [0.15, 0.2) is 22.9 Å². The molecule has 0 aliphatic carbocycles. The van der Waals surface area contributed by atoms with E-state index in [1.807, 2.05) is 25.7 Å². The van der Waals surface area contributed by atoms with Crippen LogP contribution >= 0.6 is 0 Å². The normalized spacial score (nSPS) is 15.4. The number of piperazine rings is 1. The van der Waals surface area contributed by atoms with Crippen LogP contribution in [0.2, 0.25) is 0 Å². The Kier molecular flexibility index (Phi) is 5.33. The van der Waals surface area contributed by atoms with Crippen LogP contribution < -0.4 is 4.74 Å². The predicted molar refractivity (Wildman–Crippen MR) is 92.6 cm³/mol. The lowest BCUT2D eigenvalue weighted by molar-refractivity contribution is 0.0623. The van der Waals surface area contributed by atoms with Crippen molar-refractivity contribution in [3.8, 4) is 5.88 Å². The Morgan fingerprint density at radius 3 is 2.68 bits per heavy atom. The maximum Gasteiger partial charge on any atom is 0.259 e. The van der Waals surface area contributed by atoms with E-state index in [0.717, 1.165) is 36.7 Å². The molecule has 0 spiro atoms. The van der Waals surface area contributed by atoms with Gasteiger partial charge in [0.25, 0.3) is 5.91 Å². The number of hydrogen-bond donors (Lipinski definition) is 0. The van der Waals surface area contributed by atoms with Gasteiger partial charge < -0.3 is 14.2 Å². The topological polar surface area (TPSA) is 71.7 Å². The van der Waals surface area contributed by atoms with Crippen LogP contribution in [0.3, 0.4) is 0 Å². The number of amides is 1. The van der Waals surface area contributed by atoms with Gasteiger partial charge in [-0.15, -0.1) is 0 Å². The fraction of sp³-hybridized carbons (Fsp3) is 0.500. The Labute approximate surface area is 147 Å². The first-order chi connectivity index (χ1) is 12.1. The van der Waals surface area contributed by atoms with E-state index < -0.39 is 0 Å². The summed E-state index contributed by atoms with van der Waals surface area (Å²) >= 11 is 0. The molecule has 1 saturated heterocycles. The summed E-state index contributed by atoms with van der Waals surface area (Å²) in [5.74, 6) is 1.26. The van der Waals surface area contributed by atoms with Crippen molar-refractivity contribution in [3.05, 3.63) is 40.9 Å². The molecule has 0 bridgehead atoms. The summed E-state index contributed by atoms with van der Waals surface area (Å²) in [4.78, 5) is 21.1. The quantitative estimate of drug-likeness (QED) is 0.827. The fourth-order valence-corrected chi connectivity index (χ4v) is 3.04. The van der Waals surface area contributed by atoms with Crippen LogP contribution in [0.25, 0.3) is 0 Å². The molecular formula is C18H24N4O3. The average molecular weight is 344 g/mol. The largest absolute Gasteiger partial charge is 0.477 e. The highest BCUT2D eigenvalue weighted by molar-refractivity contribution is 5.96. The van der Waals surface area contributed by atoms with Crippen molar-refractivity contribution in [2.75, 3.05) is 32.8 Å². The molecule has 2 aromatic heterocycles. The van der Waals surface area contributed by atoms with E-state index in [-0.39, 0.29) is 5.91 Å². The summed E-state index contributed by atoms with van der Waals surface area (Å²) in [7, 11) is 0. The third-order valence-electron chi connectivity index (χ3n) is 4.51. The van der Waals surface area contributed by atoms with Gasteiger partial charge >= 0.3 is 0 Å². The van der Waals surface area contributed by atoms with E-state index in [4.69, 9.17) is 9.26 Å². The summed E-state index contributed by atoms with van der Waals surface area (Å²) in [5, 5.41) is 4.00. The molecule has 0 unspecified atom stereocenters. The summed E-state index contributed by atoms with van der Waals surface area (Å²) in [6.07, 6.45) is 1.64.